The van der Waals surface area contributed by atoms with Gasteiger partial charge in [0, 0.05) is 44.7 Å². The summed E-state index contributed by atoms with van der Waals surface area (Å²) in [6.45, 7) is 0. The van der Waals surface area contributed by atoms with Gasteiger partial charge < -0.3 is 8.83 Å². The van der Waals surface area contributed by atoms with Gasteiger partial charge in [-0.25, -0.2) is 19.9 Å². The second-order valence-corrected chi connectivity index (χ2v) is 12.2. The lowest BCUT2D eigenvalue weighted by Gasteiger charge is -2.15. The first kappa shape index (κ1) is 28.1. The van der Waals surface area contributed by atoms with Gasteiger partial charge in [0.2, 0.25) is 5.89 Å². The van der Waals surface area contributed by atoms with Crippen LogP contribution in [0.1, 0.15) is 0 Å². The highest BCUT2D eigenvalue weighted by molar-refractivity contribution is 6.14. The molecule has 0 saturated heterocycles. The molecule has 0 spiro atoms. The van der Waals surface area contributed by atoms with E-state index in [1.54, 1.807) is 0 Å². The number of hydrogen-bond acceptors (Lipinski definition) is 6. The largest absolute Gasteiger partial charge is 0.456 e. The van der Waals surface area contributed by atoms with E-state index in [0.717, 1.165) is 66.0 Å². The number of fused-ring (bicyclic) bond motifs is 5. The molecule has 3 aromatic heterocycles. The fourth-order valence-corrected chi connectivity index (χ4v) is 6.84. The maximum Gasteiger partial charge on any atom is 0.227 e. The molecule has 0 amide bonds. The van der Waals surface area contributed by atoms with E-state index in [4.69, 9.17) is 28.8 Å². The van der Waals surface area contributed by atoms with Crippen LogP contribution in [0.5, 0.6) is 0 Å². The third kappa shape index (κ3) is 4.65. The lowest BCUT2D eigenvalue weighted by molar-refractivity contribution is 0.620. The second kappa shape index (κ2) is 11.4. The average Bonchev–Trinajstić information content (AvgIpc) is 3.78. The Morgan fingerprint density at radius 3 is 1.82 bits per heavy atom. The summed E-state index contributed by atoms with van der Waals surface area (Å²) in [6.07, 6.45) is 0. The SMILES string of the molecule is c1ccc(-c2nc(-c3ccc4ccccc4c3-c3ccccc3)nc(-c3cccc4oc5cc6nc(-c7ccccc7)oc6cc5c34)n2)cc1. The number of rotatable bonds is 5. The second-order valence-electron chi connectivity index (χ2n) is 12.2. The molecule has 6 heteroatoms. The van der Waals surface area contributed by atoms with Gasteiger partial charge in [-0.2, -0.15) is 0 Å². The van der Waals surface area contributed by atoms with Gasteiger partial charge in [-0.1, -0.05) is 121 Å². The lowest BCUT2D eigenvalue weighted by Crippen LogP contribution is -2.01. The third-order valence-electron chi connectivity index (χ3n) is 9.17. The minimum atomic E-state index is 0.553. The van der Waals surface area contributed by atoms with E-state index in [0.29, 0.717) is 34.5 Å². The van der Waals surface area contributed by atoms with Gasteiger partial charge in [0.1, 0.15) is 16.7 Å². The van der Waals surface area contributed by atoms with Gasteiger partial charge in [-0.15, -0.1) is 0 Å². The molecule has 0 atom stereocenters. The fourth-order valence-electron chi connectivity index (χ4n) is 6.84. The quantitative estimate of drug-likeness (QED) is 0.186. The molecule has 10 rings (SSSR count). The summed E-state index contributed by atoms with van der Waals surface area (Å²) in [5.41, 5.74) is 8.61. The highest BCUT2D eigenvalue weighted by Crippen LogP contribution is 2.41. The van der Waals surface area contributed by atoms with Crippen LogP contribution < -0.4 is 0 Å². The Morgan fingerprint density at radius 2 is 1.04 bits per heavy atom. The first-order chi connectivity index (χ1) is 24.8. The summed E-state index contributed by atoms with van der Waals surface area (Å²) in [7, 11) is 0. The van der Waals surface area contributed by atoms with Gasteiger partial charge in [-0.3, -0.25) is 0 Å². The van der Waals surface area contributed by atoms with Crippen molar-refractivity contribution < 1.29 is 8.83 Å². The molecule has 0 aliphatic carbocycles. The van der Waals surface area contributed by atoms with Crippen molar-refractivity contribution in [1.29, 1.82) is 0 Å². The molecule has 234 valence electrons. The zero-order chi connectivity index (χ0) is 33.0. The molecular weight excluding hydrogens is 617 g/mol. The Hall–Kier alpha value is -6.92. The van der Waals surface area contributed by atoms with Crippen molar-refractivity contribution in [3.63, 3.8) is 0 Å². The number of nitrogens with zero attached hydrogens (tertiary/aromatic N) is 4. The predicted octanol–water partition coefficient (Wildman–Crippen LogP) is 11.4. The maximum absolute atomic E-state index is 6.44. The van der Waals surface area contributed by atoms with Crippen LogP contribution in [0.15, 0.2) is 167 Å². The van der Waals surface area contributed by atoms with Crippen LogP contribution in [-0.4, -0.2) is 19.9 Å². The third-order valence-corrected chi connectivity index (χ3v) is 9.17. The average molecular weight is 643 g/mol. The van der Waals surface area contributed by atoms with Gasteiger partial charge in [-0.05, 0) is 46.7 Å². The highest BCUT2D eigenvalue weighted by atomic mass is 16.4. The van der Waals surface area contributed by atoms with Gasteiger partial charge in [0.25, 0.3) is 0 Å². The van der Waals surface area contributed by atoms with E-state index in [1.165, 1.54) is 0 Å². The van der Waals surface area contributed by atoms with Crippen molar-refractivity contribution in [2.45, 2.75) is 0 Å². The fraction of sp³-hybridized carbons (Fsp3) is 0. The molecule has 7 aromatic carbocycles. The van der Waals surface area contributed by atoms with E-state index >= 15 is 0 Å². The molecule has 0 bridgehead atoms. The van der Waals surface area contributed by atoms with Crippen molar-refractivity contribution in [3.8, 4) is 56.7 Å². The highest BCUT2D eigenvalue weighted by Gasteiger charge is 2.21. The van der Waals surface area contributed by atoms with E-state index < -0.39 is 0 Å². The Morgan fingerprint density at radius 1 is 0.380 bits per heavy atom. The van der Waals surface area contributed by atoms with E-state index in [1.807, 2.05) is 97.1 Å². The van der Waals surface area contributed by atoms with Crippen LogP contribution >= 0.6 is 0 Å². The van der Waals surface area contributed by atoms with Crippen molar-refractivity contribution in [3.05, 3.63) is 158 Å². The van der Waals surface area contributed by atoms with Gasteiger partial charge >= 0.3 is 0 Å². The van der Waals surface area contributed by atoms with Crippen LogP contribution in [0.4, 0.5) is 0 Å². The zero-order valence-corrected chi connectivity index (χ0v) is 26.6. The van der Waals surface area contributed by atoms with E-state index in [-0.39, 0.29) is 0 Å². The van der Waals surface area contributed by atoms with Crippen molar-refractivity contribution in [2.24, 2.45) is 0 Å². The minimum absolute atomic E-state index is 0.553. The summed E-state index contributed by atoms with van der Waals surface area (Å²) in [5.74, 6) is 2.30. The minimum Gasteiger partial charge on any atom is -0.456 e. The number of oxazole rings is 1. The standard InChI is InChI=1S/C44H26N4O2/c1-4-14-28(15-5-1)39-31-20-11-10-13-27(31)23-24-33(39)43-47-41(29-16-6-2-7-17-29)46-42(48-43)32-21-12-22-36-40(32)34-25-38-35(26-37(34)49-36)45-44(50-38)30-18-8-3-9-19-30/h1-26H. The number of hydrogen-bond donors (Lipinski definition) is 0. The molecule has 6 nitrogen and oxygen atoms in total. The Labute approximate surface area is 286 Å². The first-order valence-electron chi connectivity index (χ1n) is 16.5. The molecule has 0 aliphatic rings. The molecule has 10 aromatic rings. The maximum atomic E-state index is 6.44. The summed E-state index contributed by atoms with van der Waals surface area (Å²) >= 11 is 0. The monoisotopic (exact) mass is 642 g/mol. The van der Waals surface area contributed by atoms with Crippen LogP contribution in [-0.2, 0) is 0 Å². The molecule has 3 heterocycles. The number of furan rings is 1. The van der Waals surface area contributed by atoms with Crippen LogP contribution in [0.2, 0.25) is 0 Å². The molecule has 0 unspecified atom stereocenters. The molecule has 0 aliphatic heterocycles. The van der Waals surface area contributed by atoms with Crippen LogP contribution in [0.25, 0.3) is 101 Å². The molecule has 0 N–H and O–H groups in total. The van der Waals surface area contributed by atoms with Gasteiger partial charge in [0.15, 0.2) is 23.1 Å². The topological polar surface area (TPSA) is 77.8 Å². The number of benzene rings is 7. The summed E-state index contributed by atoms with van der Waals surface area (Å²) in [4.78, 5) is 20.2. The number of aromatic nitrogens is 4. The van der Waals surface area contributed by atoms with Crippen molar-refractivity contribution in [1.82, 2.24) is 19.9 Å². The van der Waals surface area contributed by atoms with Crippen LogP contribution in [0.3, 0.4) is 0 Å². The summed E-state index contributed by atoms with van der Waals surface area (Å²) in [5, 5.41) is 4.09. The predicted molar refractivity (Wildman–Crippen MR) is 199 cm³/mol. The normalized spacial score (nSPS) is 11.6. The first-order valence-corrected chi connectivity index (χ1v) is 16.5. The van der Waals surface area contributed by atoms with Crippen molar-refractivity contribution in [2.75, 3.05) is 0 Å². The molecule has 0 radical (unpaired) electrons. The molecule has 0 fully saturated rings. The summed E-state index contributed by atoms with van der Waals surface area (Å²) < 4.78 is 12.7. The van der Waals surface area contributed by atoms with Gasteiger partial charge in [0.05, 0.1) is 0 Å². The van der Waals surface area contributed by atoms with E-state index in [2.05, 4.69) is 60.7 Å². The smallest absolute Gasteiger partial charge is 0.227 e. The summed E-state index contributed by atoms with van der Waals surface area (Å²) in [6, 6.07) is 53.0. The van der Waals surface area contributed by atoms with Crippen LogP contribution in [0, 0.1) is 0 Å². The lowest BCUT2D eigenvalue weighted by atomic mass is 9.93. The Balaban J connectivity index is 1.23. The Kier molecular flexibility index (Phi) is 6.39. The van der Waals surface area contributed by atoms with Crippen molar-refractivity contribution >= 4 is 43.8 Å². The Bertz CT molecular complexity index is 2860. The molecule has 0 saturated carbocycles. The zero-order valence-electron chi connectivity index (χ0n) is 26.6. The molecule has 50 heavy (non-hydrogen) atoms. The molecular formula is C44H26N4O2. The van der Waals surface area contributed by atoms with E-state index in [9.17, 15) is 0 Å².